The van der Waals surface area contributed by atoms with Gasteiger partial charge in [-0.2, -0.15) is 0 Å². The molecule has 4 nitrogen and oxygen atoms in total. The van der Waals surface area contributed by atoms with E-state index < -0.39 is 5.82 Å². The lowest BCUT2D eigenvalue weighted by Crippen LogP contribution is -2.17. The van der Waals surface area contributed by atoms with E-state index in [1.807, 2.05) is 0 Å². The first-order valence-corrected chi connectivity index (χ1v) is 8.06. The van der Waals surface area contributed by atoms with Gasteiger partial charge in [0, 0.05) is 29.2 Å². The fraction of sp³-hybridized carbons (Fsp3) is 0.111. The van der Waals surface area contributed by atoms with Gasteiger partial charge in [-0.15, -0.1) is 0 Å². The number of H-pyrrole nitrogens is 2. The predicted octanol–water partition coefficient (Wildman–Crippen LogP) is 3.92. The second-order valence-corrected chi connectivity index (χ2v) is 6.29. The Morgan fingerprint density at radius 3 is 2.42 bits per heavy atom. The molecular formula is C18H14BrFN2O2. The smallest absolute Gasteiger partial charge is 0.204 e. The Kier molecular flexibility index (Phi) is 4.24. The lowest BCUT2D eigenvalue weighted by atomic mass is 10.0. The molecule has 0 unspecified atom stereocenters. The third-order valence-corrected chi connectivity index (χ3v) is 4.81. The first kappa shape index (κ1) is 16.4. The largest absolute Gasteiger partial charge is 0.361 e. The summed E-state index contributed by atoms with van der Waals surface area (Å²) in [6, 6.07) is 7.49. The van der Waals surface area contributed by atoms with Gasteiger partial charge in [0.15, 0.2) is 5.43 Å². The van der Waals surface area contributed by atoms with E-state index in [-0.39, 0.29) is 16.4 Å². The minimum absolute atomic E-state index is 0.245. The van der Waals surface area contributed by atoms with E-state index in [0.717, 1.165) is 0 Å². The molecule has 3 aromatic rings. The summed E-state index contributed by atoms with van der Waals surface area (Å²) in [6.07, 6.45) is 1.45. The minimum Gasteiger partial charge on any atom is -0.361 e. The van der Waals surface area contributed by atoms with Crippen LogP contribution in [-0.2, 0) is 0 Å². The molecule has 0 radical (unpaired) electrons. The summed E-state index contributed by atoms with van der Waals surface area (Å²) >= 11 is 3.24. The van der Waals surface area contributed by atoms with E-state index in [2.05, 4.69) is 25.9 Å². The Morgan fingerprint density at radius 2 is 1.75 bits per heavy atom. The van der Waals surface area contributed by atoms with E-state index in [1.54, 1.807) is 32.0 Å². The molecule has 0 aliphatic carbocycles. The third-order valence-electron chi connectivity index (χ3n) is 3.85. The Labute approximate surface area is 145 Å². The van der Waals surface area contributed by atoms with Crippen molar-refractivity contribution in [2.45, 2.75) is 13.8 Å². The molecule has 0 saturated carbocycles. The Balaban J connectivity index is 2.20. The summed E-state index contributed by atoms with van der Waals surface area (Å²) in [5.41, 5.74) is 1.90. The zero-order chi connectivity index (χ0) is 17.4. The van der Waals surface area contributed by atoms with Crippen LogP contribution in [0.15, 0.2) is 50.6 Å². The number of benzene rings is 1. The highest BCUT2D eigenvalue weighted by molar-refractivity contribution is 9.10. The fourth-order valence-electron chi connectivity index (χ4n) is 2.68. The van der Waals surface area contributed by atoms with Gasteiger partial charge in [0.1, 0.15) is 5.82 Å². The highest BCUT2D eigenvalue weighted by atomic mass is 79.9. The molecule has 0 atom stereocenters. The average Bonchev–Trinajstić information content (AvgIpc) is 2.55. The van der Waals surface area contributed by atoms with Gasteiger partial charge in [-0.3, -0.25) is 9.59 Å². The van der Waals surface area contributed by atoms with Crippen LogP contribution in [0, 0.1) is 19.7 Å². The first-order valence-electron chi connectivity index (χ1n) is 7.27. The maximum atomic E-state index is 13.9. The number of aromatic nitrogens is 2. The van der Waals surface area contributed by atoms with Crippen molar-refractivity contribution in [1.82, 2.24) is 9.97 Å². The van der Waals surface area contributed by atoms with Gasteiger partial charge in [0.2, 0.25) is 5.43 Å². The molecule has 0 spiro atoms. The molecule has 0 saturated heterocycles. The van der Waals surface area contributed by atoms with E-state index in [0.29, 0.717) is 32.7 Å². The molecule has 0 amide bonds. The standard InChI is InChI=1S/C18H14BrFN2O2/c1-9-16(18(24)17(19)10(2)22-9)12-8-21-14(7-15(12)23)11-5-3-4-6-13(11)20/h3-8H,1-2H3,(H,21,23)(H,22,24). The van der Waals surface area contributed by atoms with Crippen LogP contribution in [0.4, 0.5) is 4.39 Å². The number of hydrogen-bond donors (Lipinski definition) is 2. The number of hydrogen-bond acceptors (Lipinski definition) is 2. The van der Waals surface area contributed by atoms with Gasteiger partial charge in [0.25, 0.3) is 0 Å². The average molecular weight is 389 g/mol. The Bertz CT molecular complexity index is 1050. The van der Waals surface area contributed by atoms with Crippen molar-refractivity contribution in [3.63, 3.8) is 0 Å². The normalized spacial score (nSPS) is 10.8. The van der Waals surface area contributed by atoms with E-state index in [9.17, 15) is 14.0 Å². The van der Waals surface area contributed by atoms with Crippen LogP contribution in [-0.4, -0.2) is 9.97 Å². The summed E-state index contributed by atoms with van der Waals surface area (Å²) < 4.78 is 14.3. The van der Waals surface area contributed by atoms with E-state index in [4.69, 9.17) is 0 Å². The number of pyridine rings is 2. The van der Waals surface area contributed by atoms with Crippen molar-refractivity contribution < 1.29 is 4.39 Å². The van der Waals surface area contributed by atoms with Crippen LogP contribution in [0.2, 0.25) is 0 Å². The molecule has 0 aliphatic heterocycles. The van der Waals surface area contributed by atoms with Crippen LogP contribution in [0.25, 0.3) is 22.4 Å². The van der Waals surface area contributed by atoms with Crippen molar-refractivity contribution in [3.8, 4) is 22.4 Å². The van der Waals surface area contributed by atoms with Crippen molar-refractivity contribution >= 4 is 15.9 Å². The van der Waals surface area contributed by atoms with E-state index in [1.165, 1.54) is 18.3 Å². The number of nitrogens with one attached hydrogen (secondary N) is 2. The number of rotatable bonds is 2. The Morgan fingerprint density at radius 1 is 1.04 bits per heavy atom. The highest BCUT2D eigenvalue weighted by Crippen LogP contribution is 2.23. The second-order valence-electron chi connectivity index (χ2n) is 5.50. The summed E-state index contributed by atoms with van der Waals surface area (Å²) in [7, 11) is 0. The molecule has 2 N–H and O–H groups in total. The molecule has 0 bridgehead atoms. The van der Waals surface area contributed by atoms with Gasteiger partial charge in [0.05, 0.1) is 21.3 Å². The van der Waals surface area contributed by atoms with Crippen LogP contribution in [0.3, 0.4) is 0 Å². The Hall–Kier alpha value is -2.47. The van der Waals surface area contributed by atoms with Crippen LogP contribution in [0.1, 0.15) is 11.4 Å². The molecule has 24 heavy (non-hydrogen) atoms. The number of aromatic amines is 2. The molecule has 122 valence electrons. The molecule has 6 heteroatoms. The molecule has 3 rings (SSSR count). The van der Waals surface area contributed by atoms with Gasteiger partial charge >= 0.3 is 0 Å². The zero-order valence-electron chi connectivity index (χ0n) is 13.0. The maximum Gasteiger partial charge on any atom is 0.204 e. The summed E-state index contributed by atoms with van der Waals surface area (Å²) in [6.45, 7) is 3.51. The predicted molar refractivity (Wildman–Crippen MR) is 95.7 cm³/mol. The number of aryl methyl sites for hydroxylation is 2. The van der Waals surface area contributed by atoms with Gasteiger partial charge in [-0.05, 0) is 41.9 Å². The van der Waals surface area contributed by atoms with Crippen molar-refractivity contribution in [2.75, 3.05) is 0 Å². The summed E-state index contributed by atoms with van der Waals surface area (Å²) in [5.74, 6) is -0.423. The second kappa shape index (κ2) is 6.20. The topological polar surface area (TPSA) is 65.7 Å². The number of halogens is 2. The van der Waals surface area contributed by atoms with Crippen LogP contribution in [0.5, 0.6) is 0 Å². The molecule has 2 aromatic heterocycles. The zero-order valence-corrected chi connectivity index (χ0v) is 14.6. The van der Waals surface area contributed by atoms with E-state index >= 15 is 0 Å². The summed E-state index contributed by atoms with van der Waals surface area (Å²) in [4.78, 5) is 31.0. The monoisotopic (exact) mass is 388 g/mol. The first-order chi connectivity index (χ1) is 11.4. The van der Waals surface area contributed by atoms with Crippen molar-refractivity contribution in [3.05, 3.63) is 78.7 Å². The molecular weight excluding hydrogens is 375 g/mol. The highest BCUT2D eigenvalue weighted by Gasteiger charge is 2.16. The lowest BCUT2D eigenvalue weighted by molar-refractivity contribution is 0.630. The van der Waals surface area contributed by atoms with Crippen molar-refractivity contribution in [2.24, 2.45) is 0 Å². The summed E-state index contributed by atoms with van der Waals surface area (Å²) in [5, 5.41) is 0. The molecule has 2 heterocycles. The van der Waals surface area contributed by atoms with Crippen LogP contribution < -0.4 is 10.9 Å². The van der Waals surface area contributed by atoms with Gasteiger partial charge in [-0.25, -0.2) is 4.39 Å². The van der Waals surface area contributed by atoms with Gasteiger partial charge in [-0.1, -0.05) is 12.1 Å². The third kappa shape index (κ3) is 2.73. The van der Waals surface area contributed by atoms with Crippen LogP contribution >= 0.6 is 15.9 Å². The lowest BCUT2D eigenvalue weighted by Gasteiger charge is -2.09. The molecule has 1 aromatic carbocycles. The minimum atomic E-state index is -0.423. The SMILES string of the molecule is Cc1[nH]c(C)c(-c2c[nH]c(-c3ccccc3F)cc2=O)c(=O)c1Br. The quantitative estimate of drug-likeness (QED) is 0.698. The van der Waals surface area contributed by atoms with Crippen molar-refractivity contribution in [1.29, 1.82) is 0 Å². The van der Waals surface area contributed by atoms with Gasteiger partial charge < -0.3 is 9.97 Å². The molecule has 0 fully saturated rings. The fourth-order valence-corrected chi connectivity index (χ4v) is 2.97. The maximum absolute atomic E-state index is 13.9. The molecule has 0 aliphatic rings.